The van der Waals surface area contributed by atoms with E-state index < -0.39 is 18.0 Å². The van der Waals surface area contributed by atoms with E-state index in [9.17, 15) is 14.4 Å². The van der Waals surface area contributed by atoms with Gasteiger partial charge >= 0.3 is 0 Å². The van der Waals surface area contributed by atoms with E-state index in [0.717, 1.165) is 18.2 Å². The molecule has 2 amide bonds. The summed E-state index contributed by atoms with van der Waals surface area (Å²) in [6.45, 7) is 1.75. The molecule has 0 unspecified atom stereocenters. The van der Waals surface area contributed by atoms with Crippen molar-refractivity contribution in [1.82, 2.24) is 10.6 Å². The number of benzene rings is 1. The Balaban J connectivity index is 1.47. The lowest BCUT2D eigenvalue weighted by Gasteiger charge is -2.21. The van der Waals surface area contributed by atoms with Gasteiger partial charge in [0, 0.05) is 5.39 Å². The standard InChI is InChI=1S/C20H22N2O5/c1-11-18(15(23)10-26-11)22-19(24)14(8-12-6-7-12)21-20(25)17-9-13-4-2-3-5-16(13)27-17/h2-5,9,11-12,14,18H,6-8,10H2,1H3,(H,21,25)(H,22,24)/t11-,14+,18+/m1/s1. The third-order valence-corrected chi connectivity index (χ3v) is 5.14. The fraction of sp³-hybridized carbons (Fsp3) is 0.450. The van der Waals surface area contributed by atoms with Crippen molar-refractivity contribution in [1.29, 1.82) is 0 Å². The van der Waals surface area contributed by atoms with Crippen LogP contribution in [0.1, 0.15) is 36.7 Å². The van der Waals surface area contributed by atoms with Gasteiger partial charge in [0.15, 0.2) is 11.5 Å². The smallest absolute Gasteiger partial charge is 0.287 e. The predicted octanol–water partition coefficient (Wildman–Crippen LogP) is 1.80. The van der Waals surface area contributed by atoms with E-state index in [1.807, 2.05) is 18.2 Å². The largest absolute Gasteiger partial charge is 0.451 e. The van der Waals surface area contributed by atoms with Crippen LogP contribution in [0, 0.1) is 5.92 Å². The number of carbonyl (C=O) groups is 3. The zero-order valence-electron chi connectivity index (χ0n) is 15.1. The number of hydrogen-bond donors (Lipinski definition) is 2. The Kier molecular flexibility index (Phi) is 4.70. The fourth-order valence-electron chi connectivity index (χ4n) is 3.35. The zero-order valence-corrected chi connectivity index (χ0v) is 15.1. The molecule has 2 heterocycles. The van der Waals surface area contributed by atoms with Gasteiger partial charge in [-0.1, -0.05) is 31.0 Å². The molecule has 2 aromatic rings. The van der Waals surface area contributed by atoms with E-state index in [4.69, 9.17) is 9.15 Å². The van der Waals surface area contributed by atoms with Gasteiger partial charge in [-0.05, 0) is 31.4 Å². The van der Waals surface area contributed by atoms with Crippen molar-refractivity contribution >= 4 is 28.6 Å². The quantitative estimate of drug-likeness (QED) is 0.808. The molecule has 3 atom stereocenters. The van der Waals surface area contributed by atoms with Crippen molar-refractivity contribution in [3.63, 3.8) is 0 Å². The molecule has 7 nitrogen and oxygen atoms in total. The molecule has 27 heavy (non-hydrogen) atoms. The van der Waals surface area contributed by atoms with Crippen LogP contribution in [0.3, 0.4) is 0 Å². The minimum atomic E-state index is -0.709. The van der Waals surface area contributed by atoms with Crippen molar-refractivity contribution in [2.45, 2.75) is 44.4 Å². The molecule has 0 bridgehead atoms. The highest BCUT2D eigenvalue weighted by Gasteiger charge is 2.37. The van der Waals surface area contributed by atoms with Crippen LogP contribution in [0.4, 0.5) is 0 Å². The molecule has 0 spiro atoms. The molecule has 0 radical (unpaired) electrons. The van der Waals surface area contributed by atoms with Crippen molar-refractivity contribution in [3.8, 4) is 0 Å². The Hall–Kier alpha value is -2.67. The number of carbonyl (C=O) groups excluding carboxylic acids is 3. The predicted molar refractivity (Wildman–Crippen MR) is 97.2 cm³/mol. The number of ketones is 1. The second-order valence-electron chi connectivity index (χ2n) is 7.32. The van der Waals surface area contributed by atoms with Crippen molar-refractivity contribution in [2.75, 3.05) is 6.61 Å². The lowest BCUT2D eigenvalue weighted by atomic mass is 10.1. The van der Waals surface area contributed by atoms with Crippen molar-refractivity contribution in [2.24, 2.45) is 5.92 Å². The summed E-state index contributed by atoms with van der Waals surface area (Å²) in [4.78, 5) is 37.2. The number of hydrogen-bond acceptors (Lipinski definition) is 5. The minimum absolute atomic E-state index is 0.00471. The molecule has 1 saturated carbocycles. The van der Waals surface area contributed by atoms with E-state index in [0.29, 0.717) is 17.9 Å². The van der Waals surface area contributed by atoms with Gasteiger partial charge in [0.2, 0.25) is 5.91 Å². The third kappa shape index (κ3) is 3.88. The van der Waals surface area contributed by atoms with Crippen LogP contribution in [0.15, 0.2) is 34.7 Å². The molecular weight excluding hydrogens is 348 g/mol. The van der Waals surface area contributed by atoms with Crippen LogP contribution in [0.5, 0.6) is 0 Å². The summed E-state index contributed by atoms with van der Waals surface area (Å²) in [7, 11) is 0. The third-order valence-electron chi connectivity index (χ3n) is 5.14. The Morgan fingerprint density at radius 3 is 2.70 bits per heavy atom. The van der Waals surface area contributed by atoms with Gasteiger partial charge in [0.1, 0.15) is 24.3 Å². The first-order valence-corrected chi connectivity index (χ1v) is 9.25. The van der Waals surface area contributed by atoms with Gasteiger partial charge in [-0.15, -0.1) is 0 Å². The van der Waals surface area contributed by atoms with Crippen LogP contribution in [-0.2, 0) is 14.3 Å². The molecule has 142 valence electrons. The van der Waals surface area contributed by atoms with Crippen molar-refractivity contribution in [3.05, 3.63) is 36.1 Å². The van der Waals surface area contributed by atoms with Crippen LogP contribution in [0.25, 0.3) is 11.0 Å². The number of amides is 2. The summed E-state index contributed by atoms with van der Waals surface area (Å²) >= 11 is 0. The molecule has 1 aliphatic heterocycles. The maximum atomic E-state index is 12.7. The summed E-state index contributed by atoms with van der Waals surface area (Å²) in [5, 5.41) is 6.34. The highest BCUT2D eigenvalue weighted by Crippen LogP contribution is 2.33. The number of rotatable bonds is 6. The Morgan fingerprint density at radius 2 is 2.04 bits per heavy atom. The molecule has 2 aliphatic rings. The van der Waals surface area contributed by atoms with Crippen molar-refractivity contribution < 1.29 is 23.5 Å². The summed E-state index contributed by atoms with van der Waals surface area (Å²) in [5.41, 5.74) is 0.619. The zero-order chi connectivity index (χ0) is 19.0. The van der Waals surface area contributed by atoms with E-state index in [1.165, 1.54) is 0 Å². The first-order chi connectivity index (χ1) is 13.0. The monoisotopic (exact) mass is 370 g/mol. The summed E-state index contributed by atoms with van der Waals surface area (Å²) < 4.78 is 10.8. The average molecular weight is 370 g/mol. The van der Waals surface area contributed by atoms with Gasteiger partial charge in [-0.3, -0.25) is 14.4 Å². The number of fused-ring (bicyclic) bond motifs is 1. The number of ether oxygens (including phenoxy) is 1. The van der Waals surface area contributed by atoms with Gasteiger partial charge < -0.3 is 19.8 Å². The highest BCUT2D eigenvalue weighted by molar-refractivity contribution is 5.99. The second kappa shape index (κ2) is 7.15. The SMILES string of the molecule is C[C@H]1OCC(=O)[C@H]1NC(=O)[C@H](CC1CC1)NC(=O)c1cc2ccccc2o1. The Morgan fingerprint density at radius 1 is 1.26 bits per heavy atom. The second-order valence-corrected chi connectivity index (χ2v) is 7.32. The molecule has 1 aromatic carbocycles. The van der Waals surface area contributed by atoms with Gasteiger partial charge in [-0.25, -0.2) is 0 Å². The lowest BCUT2D eigenvalue weighted by molar-refractivity contribution is -0.127. The van der Waals surface area contributed by atoms with E-state index >= 15 is 0 Å². The van der Waals surface area contributed by atoms with E-state index in [2.05, 4.69) is 10.6 Å². The number of nitrogens with one attached hydrogen (secondary N) is 2. The minimum Gasteiger partial charge on any atom is -0.451 e. The molecule has 2 N–H and O–H groups in total. The summed E-state index contributed by atoms with van der Waals surface area (Å²) in [6.07, 6.45) is 2.28. The number of para-hydroxylation sites is 1. The van der Waals surface area contributed by atoms with Gasteiger partial charge in [0.25, 0.3) is 5.91 Å². The molecule has 1 aromatic heterocycles. The maximum Gasteiger partial charge on any atom is 0.287 e. The van der Waals surface area contributed by atoms with Crippen LogP contribution < -0.4 is 10.6 Å². The maximum absolute atomic E-state index is 12.7. The molecular formula is C20H22N2O5. The van der Waals surface area contributed by atoms with E-state index in [1.54, 1.807) is 19.1 Å². The summed E-state index contributed by atoms with van der Waals surface area (Å²) in [6, 6.07) is 7.63. The molecule has 2 fully saturated rings. The van der Waals surface area contributed by atoms with Gasteiger partial charge in [-0.2, -0.15) is 0 Å². The first kappa shape index (κ1) is 17.7. The normalized spacial score (nSPS) is 23.4. The average Bonchev–Trinajstić information content (AvgIpc) is 3.28. The van der Waals surface area contributed by atoms with E-state index in [-0.39, 0.29) is 30.2 Å². The molecule has 1 aliphatic carbocycles. The fourth-order valence-corrected chi connectivity index (χ4v) is 3.35. The van der Waals surface area contributed by atoms with Crippen LogP contribution in [0.2, 0.25) is 0 Å². The first-order valence-electron chi connectivity index (χ1n) is 9.25. The molecule has 1 saturated heterocycles. The molecule has 7 heteroatoms. The van der Waals surface area contributed by atoms with Gasteiger partial charge in [0.05, 0.1) is 6.10 Å². The summed E-state index contributed by atoms with van der Waals surface area (Å²) in [5.74, 6) is -0.358. The van der Waals surface area contributed by atoms with Crippen LogP contribution in [-0.4, -0.2) is 42.4 Å². The lowest BCUT2D eigenvalue weighted by Crippen LogP contribution is -2.53. The highest BCUT2D eigenvalue weighted by atomic mass is 16.5. The topological polar surface area (TPSA) is 97.6 Å². The Bertz CT molecular complexity index is 852. The Labute approximate surface area is 156 Å². The van der Waals surface area contributed by atoms with Crippen LogP contribution >= 0.6 is 0 Å². The number of Topliss-reactive ketones (excluding diaryl/α,β-unsaturated/α-hetero) is 1. The number of furan rings is 1. The molecule has 4 rings (SSSR count).